The number of aryl methyl sites for hydroxylation is 1. The van der Waals surface area contributed by atoms with Crippen LogP contribution in [-0.2, 0) is 0 Å². The molecule has 1 aromatic carbocycles. The molecule has 1 heterocycles. The molecule has 2 aromatic rings. The molecule has 19 heavy (non-hydrogen) atoms. The second kappa shape index (κ2) is 5.84. The zero-order chi connectivity index (χ0) is 13.8. The Balaban J connectivity index is 2.51. The third kappa shape index (κ3) is 2.61. The normalized spacial score (nSPS) is 12.4. The fourth-order valence-electron chi connectivity index (χ4n) is 2.24. The summed E-state index contributed by atoms with van der Waals surface area (Å²) >= 11 is 0. The van der Waals surface area contributed by atoms with E-state index in [0.29, 0.717) is 0 Å². The van der Waals surface area contributed by atoms with Gasteiger partial charge in [0.1, 0.15) is 11.4 Å². The molecule has 1 unspecified atom stereocenters. The maximum Gasteiger partial charge on any atom is 0.127 e. The van der Waals surface area contributed by atoms with Crippen molar-refractivity contribution in [3.8, 4) is 5.75 Å². The average Bonchev–Trinajstić information content (AvgIpc) is 2.93. The van der Waals surface area contributed by atoms with Crippen LogP contribution < -0.4 is 10.1 Å². The highest BCUT2D eigenvalue weighted by Gasteiger charge is 2.21. The molecule has 5 heteroatoms. The number of nitrogens with one attached hydrogen (secondary N) is 2. The van der Waals surface area contributed by atoms with E-state index >= 15 is 0 Å². The molecule has 0 spiro atoms. The number of rotatable bonds is 5. The van der Waals surface area contributed by atoms with Gasteiger partial charge >= 0.3 is 0 Å². The molecule has 0 bridgehead atoms. The van der Waals surface area contributed by atoms with Crippen LogP contribution in [0, 0.1) is 13.8 Å². The van der Waals surface area contributed by atoms with Crippen molar-refractivity contribution in [1.82, 2.24) is 20.7 Å². The minimum absolute atomic E-state index is 0.0157. The predicted octanol–water partition coefficient (Wildman–Crippen LogP) is 2.13. The molecule has 1 aromatic heterocycles. The van der Waals surface area contributed by atoms with Gasteiger partial charge in [0, 0.05) is 5.56 Å². The van der Waals surface area contributed by atoms with Gasteiger partial charge in [-0.25, -0.2) is 0 Å². The van der Waals surface area contributed by atoms with E-state index in [9.17, 15) is 0 Å². The number of H-pyrrole nitrogens is 1. The van der Waals surface area contributed by atoms with Gasteiger partial charge in [0.05, 0.1) is 19.3 Å². The summed E-state index contributed by atoms with van der Waals surface area (Å²) in [7, 11) is 1.71. The Labute approximate surface area is 113 Å². The number of nitrogens with zero attached hydrogens (tertiary/aromatic N) is 2. The van der Waals surface area contributed by atoms with Gasteiger partial charge in [-0.15, -0.1) is 0 Å². The fourth-order valence-corrected chi connectivity index (χ4v) is 2.24. The minimum Gasteiger partial charge on any atom is -0.496 e. The highest BCUT2D eigenvalue weighted by Crippen LogP contribution is 2.33. The van der Waals surface area contributed by atoms with Gasteiger partial charge in [0.25, 0.3) is 0 Å². The van der Waals surface area contributed by atoms with Crippen LogP contribution >= 0.6 is 0 Å². The topological polar surface area (TPSA) is 62.8 Å². The van der Waals surface area contributed by atoms with Crippen LogP contribution in [0.25, 0.3) is 0 Å². The Bertz CT molecular complexity index is 537. The van der Waals surface area contributed by atoms with Crippen LogP contribution in [0.4, 0.5) is 0 Å². The van der Waals surface area contributed by atoms with E-state index in [1.807, 2.05) is 0 Å². The van der Waals surface area contributed by atoms with Gasteiger partial charge in [-0.1, -0.05) is 19.1 Å². The first-order chi connectivity index (χ1) is 9.19. The van der Waals surface area contributed by atoms with Crippen molar-refractivity contribution in [2.45, 2.75) is 26.8 Å². The highest BCUT2D eigenvalue weighted by atomic mass is 16.5. The van der Waals surface area contributed by atoms with Crippen LogP contribution in [0.3, 0.4) is 0 Å². The van der Waals surface area contributed by atoms with Gasteiger partial charge in [0.15, 0.2) is 0 Å². The molecule has 0 saturated heterocycles. The van der Waals surface area contributed by atoms with Crippen LogP contribution in [0.5, 0.6) is 5.75 Å². The van der Waals surface area contributed by atoms with E-state index in [1.165, 1.54) is 5.56 Å². The van der Waals surface area contributed by atoms with Gasteiger partial charge in [0.2, 0.25) is 0 Å². The first-order valence-corrected chi connectivity index (χ1v) is 6.42. The maximum absolute atomic E-state index is 5.58. The Morgan fingerprint density at radius 1 is 1.37 bits per heavy atom. The number of benzene rings is 1. The number of ether oxygens (including phenoxy) is 1. The minimum atomic E-state index is -0.0157. The Morgan fingerprint density at radius 3 is 2.74 bits per heavy atom. The summed E-state index contributed by atoms with van der Waals surface area (Å²) in [5, 5.41) is 14.2. The number of methoxy groups -OCH3 is 1. The molecule has 0 aliphatic heterocycles. The van der Waals surface area contributed by atoms with Crippen molar-refractivity contribution >= 4 is 0 Å². The molecule has 0 aliphatic rings. The van der Waals surface area contributed by atoms with Gasteiger partial charge in [-0.2, -0.15) is 15.4 Å². The van der Waals surface area contributed by atoms with E-state index < -0.39 is 0 Å². The molecule has 0 amide bonds. The zero-order valence-corrected chi connectivity index (χ0v) is 11.8. The molecular formula is C14H20N4O. The Kier molecular flexibility index (Phi) is 4.16. The Hall–Kier alpha value is -1.88. The number of aromatic amines is 1. The molecule has 0 saturated carbocycles. The SMILES string of the molecule is CCNC(c1cn[nH]n1)c1ccc(C)c(C)c1OC. The van der Waals surface area contributed by atoms with Gasteiger partial charge in [-0.05, 0) is 31.5 Å². The molecule has 0 radical (unpaired) electrons. The molecule has 1 atom stereocenters. The standard InChI is InChI=1S/C14H20N4O/c1-5-15-13(12-8-16-18-17-12)11-7-6-9(2)10(3)14(11)19-4/h6-8,13,15H,5H2,1-4H3,(H,16,17,18). The van der Waals surface area contributed by atoms with Crippen LogP contribution in [-0.4, -0.2) is 29.1 Å². The summed E-state index contributed by atoms with van der Waals surface area (Å²) in [5.41, 5.74) is 4.33. The van der Waals surface area contributed by atoms with Gasteiger partial charge in [-0.3, -0.25) is 0 Å². The molecular weight excluding hydrogens is 240 g/mol. The van der Waals surface area contributed by atoms with Crippen LogP contribution in [0.15, 0.2) is 18.3 Å². The second-order valence-corrected chi connectivity index (χ2v) is 4.52. The number of aromatic nitrogens is 3. The first kappa shape index (κ1) is 13.5. The van der Waals surface area contributed by atoms with E-state index in [0.717, 1.165) is 29.1 Å². The molecule has 0 fully saturated rings. The molecule has 2 rings (SSSR count). The van der Waals surface area contributed by atoms with Crippen LogP contribution in [0.2, 0.25) is 0 Å². The van der Waals surface area contributed by atoms with Crippen molar-refractivity contribution in [3.05, 3.63) is 40.7 Å². The lowest BCUT2D eigenvalue weighted by Gasteiger charge is -2.21. The van der Waals surface area contributed by atoms with Crippen molar-refractivity contribution in [2.75, 3.05) is 13.7 Å². The van der Waals surface area contributed by atoms with E-state index in [4.69, 9.17) is 4.74 Å². The number of hydrogen-bond donors (Lipinski definition) is 2. The van der Waals surface area contributed by atoms with Crippen LogP contribution in [0.1, 0.15) is 35.3 Å². The molecule has 0 aliphatic carbocycles. The van der Waals surface area contributed by atoms with Crippen molar-refractivity contribution in [2.24, 2.45) is 0 Å². The summed E-state index contributed by atoms with van der Waals surface area (Å²) in [5.74, 6) is 0.911. The lowest BCUT2D eigenvalue weighted by atomic mass is 9.97. The smallest absolute Gasteiger partial charge is 0.127 e. The molecule has 5 nitrogen and oxygen atoms in total. The zero-order valence-electron chi connectivity index (χ0n) is 11.8. The average molecular weight is 260 g/mol. The molecule has 2 N–H and O–H groups in total. The molecule has 102 valence electrons. The summed E-state index contributed by atoms with van der Waals surface area (Å²) in [6, 6.07) is 4.18. The maximum atomic E-state index is 5.58. The third-order valence-corrected chi connectivity index (χ3v) is 3.36. The van der Waals surface area contributed by atoms with E-state index in [1.54, 1.807) is 13.3 Å². The summed E-state index contributed by atoms with van der Waals surface area (Å²) in [6.45, 7) is 7.07. The number of hydrogen-bond acceptors (Lipinski definition) is 4. The van der Waals surface area contributed by atoms with Crippen molar-refractivity contribution in [3.63, 3.8) is 0 Å². The largest absolute Gasteiger partial charge is 0.496 e. The lowest BCUT2D eigenvalue weighted by molar-refractivity contribution is 0.400. The third-order valence-electron chi connectivity index (χ3n) is 3.36. The first-order valence-electron chi connectivity index (χ1n) is 6.42. The predicted molar refractivity (Wildman–Crippen MR) is 74.4 cm³/mol. The van der Waals surface area contributed by atoms with E-state index in [2.05, 4.69) is 53.6 Å². The second-order valence-electron chi connectivity index (χ2n) is 4.52. The quantitative estimate of drug-likeness (QED) is 0.864. The van der Waals surface area contributed by atoms with Crippen molar-refractivity contribution in [1.29, 1.82) is 0 Å². The highest BCUT2D eigenvalue weighted by molar-refractivity contribution is 5.48. The lowest BCUT2D eigenvalue weighted by Crippen LogP contribution is -2.23. The fraction of sp³-hybridized carbons (Fsp3) is 0.429. The summed E-state index contributed by atoms with van der Waals surface area (Å²) in [4.78, 5) is 0. The van der Waals surface area contributed by atoms with E-state index in [-0.39, 0.29) is 6.04 Å². The van der Waals surface area contributed by atoms with Gasteiger partial charge < -0.3 is 10.1 Å². The monoisotopic (exact) mass is 260 g/mol. The summed E-state index contributed by atoms with van der Waals surface area (Å²) in [6.07, 6.45) is 1.74. The van der Waals surface area contributed by atoms with Crippen molar-refractivity contribution < 1.29 is 4.74 Å². The Morgan fingerprint density at radius 2 is 2.16 bits per heavy atom. The summed E-state index contributed by atoms with van der Waals surface area (Å²) < 4.78 is 5.58.